The Labute approximate surface area is 161 Å². The van der Waals surface area contributed by atoms with Gasteiger partial charge in [0.2, 0.25) is 5.91 Å². The highest BCUT2D eigenvalue weighted by atomic mass is 16.2. The van der Waals surface area contributed by atoms with Crippen LogP contribution < -0.4 is 10.9 Å². The third kappa shape index (κ3) is 2.90. The van der Waals surface area contributed by atoms with Crippen LogP contribution in [0.25, 0.3) is 16.7 Å². The monoisotopic (exact) mass is 375 g/mol. The number of nitrogens with zero attached hydrogens (tertiary/aromatic N) is 4. The van der Waals surface area contributed by atoms with Crippen LogP contribution in [-0.2, 0) is 18.4 Å². The van der Waals surface area contributed by atoms with E-state index in [1.807, 2.05) is 73.0 Å². The molecule has 0 aliphatic carbocycles. The Kier molecular flexibility index (Phi) is 4.35. The van der Waals surface area contributed by atoms with Crippen LogP contribution in [0.1, 0.15) is 11.5 Å². The Morgan fingerprint density at radius 3 is 2.46 bits per heavy atom. The number of benzene rings is 2. The van der Waals surface area contributed by atoms with Crippen molar-refractivity contribution in [1.82, 2.24) is 18.9 Å². The van der Waals surface area contributed by atoms with E-state index in [1.54, 1.807) is 16.4 Å². The van der Waals surface area contributed by atoms with E-state index in [0.717, 1.165) is 22.5 Å². The third-order valence-electron chi connectivity index (χ3n) is 4.97. The maximum absolute atomic E-state index is 12.9. The van der Waals surface area contributed by atoms with E-state index in [0.29, 0.717) is 11.4 Å². The van der Waals surface area contributed by atoms with Crippen LogP contribution >= 0.6 is 0 Å². The molecule has 0 aliphatic rings. The molecule has 28 heavy (non-hydrogen) atoms. The SMILES string of the molecule is Cc1nc2ccccc2n1CC(=O)Nc1c(C)n(C)n(-c2ccccc2)c1=O. The minimum absolute atomic E-state index is 0.0887. The zero-order chi connectivity index (χ0) is 19.8. The zero-order valence-corrected chi connectivity index (χ0v) is 16.0. The maximum atomic E-state index is 12.9. The lowest BCUT2D eigenvalue weighted by molar-refractivity contribution is -0.116. The summed E-state index contributed by atoms with van der Waals surface area (Å²) in [6.45, 7) is 3.77. The van der Waals surface area contributed by atoms with Crippen molar-refractivity contribution >= 4 is 22.6 Å². The van der Waals surface area contributed by atoms with E-state index >= 15 is 0 Å². The van der Waals surface area contributed by atoms with Gasteiger partial charge in [-0.05, 0) is 38.1 Å². The predicted octanol–water partition coefficient (Wildman–Crippen LogP) is 2.78. The number of carbonyl (C=O) groups is 1. The van der Waals surface area contributed by atoms with Crippen molar-refractivity contribution in [3.05, 3.63) is 76.5 Å². The number of hydrogen-bond acceptors (Lipinski definition) is 3. The molecule has 0 unspecified atom stereocenters. The quantitative estimate of drug-likeness (QED) is 0.596. The molecule has 0 bridgehead atoms. The Morgan fingerprint density at radius 2 is 1.71 bits per heavy atom. The van der Waals surface area contributed by atoms with Gasteiger partial charge in [-0.25, -0.2) is 9.67 Å². The smallest absolute Gasteiger partial charge is 0.295 e. The Morgan fingerprint density at radius 1 is 1.04 bits per heavy atom. The van der Waals surface area contributed by atoms with Crippen LogP contribution in [0.5, 0.6) is 0 Å². The van der Waals surface area contributed by atoms with Gasteiger partial charge in [-0.1, -0.05) is 30.3 Å². The summed E-state index contributed by atoms with van der Waals surface area (Å²) in [5, 5.41) is 2.80. The summed E-state index contributed by atoms with van der Waals surface area (Å²) in [5.74, 6) is 0.486. The summed E-state index contributed by atoms with van der Waals surface area (Å²) in [7, 11) is 1.80. The van der Waals surface area contributed by atoms with Gasteiger partial charge in [0.25, 0.3) is 5.56 Å². The van der Waals surface area contributed by atoms with E-state index in [4.69, 9.17) is 0 Å². The molecule has 0 fully saturated rings. The number of aromatic nitrogens is 4. The number of imidazole rings is 1. The number of rotatable bonds is 4. The van der Waals surface area contributed by atoms with Crippen molar-refractivity contribution in [2.24, 2.45) is 7.05 Å². The number of amides is 1. The number of fused-ring (bicyclic) bond motifs is 1. The first-order valence-electron chi connectivity index (χ1n) is 9.03. The van der Waals surface area contributed by atoms with E-state index in [2.05, 4.69) is 10.3 Å². The molecule has 2 heterocycles. The van der Waals surface area contributed by atoms with Crippen molar-refractivity contribution in [3.63, 3.8) is 0 Å². The highest BCUT2D eigenvalue weighted by molar-refractivity contribution is 5.92. The fourth-order valence-electron chi connectivity index (χ4n) is 3.43. The number of hydrogen-bond donors (Lipinski definition) is 1. The lowest BCUT2D eigenvalue weighted by Gasteiger charge is -2.08. The molecule has 2 aromatic carbocycles. The Balaban J connectivity index is 1.65. The van der Waals surface area contributed by atoms with Gasteiger partial charge in [0.15, 0.2) is 0 Å². The number of carbonyl (C=O) groups excluding carboxylic acids is 1. The van der Waals surface area contributed by atoms with Crippen LogP contribution in [0.3, 0.4) is 0 Å². The highest BCUT2D eigenvalue weighted by Crippen LogP contribution is 2.17. The molecule has 0 atom stereocenters. The van der Waals surface area contributed by atoms with E-state index in [1.165, 1.54) is 0 Å². The molecule has 0 spiro atoms. The topological polar surface area (TPSA) is 73.8 Å². The molecular weight excluding hydrogens is 354 g/mol. The molecule has 7 heteroatoms. The molecular formula is C21H21N5O2. The molecule has 0 saturated carbocycles. The van der Waals surface area contributed by atoms with Gasteiger partial charge in [-0.15, -0.1) is 0 Å². The number of para-hydroxylation sites is 3. The second-order valence-electron chi connectivity index (χ2n) is 6.72. The van der Waals surface area contributed by atoms with Crippen LogP contribution in [0.4, 0.5) is 5.69 Å². The van der Waals surface area contributed by atoms with Crippen molar-refractivity contribution in [2.45, 2.75) is 20.4 Å². The molecule has 0 aliphatic heterocycles. The zero-order valence-electron chi connectivity index (χ0n) is 16.0. The standard InChI is InChI=1S/C21H21N5O2/c1-14-20(21(28)26(24(14)3)16-9-5-4-6-10-16)23-19(27)13-25-15(2)22-17-11-7-8-12-18(17)25/h4-12H,13H2,1-3H3,(H,23,27). The number of anilines is 1. The average Bonchev–Trinajstić information content (AvgIpc) is 3.11. The first-order valence-corrected chi connectivity index (χ1v) is 9.03. The maximum Gasteiger partial charge on any atom is 0.295 e. The molecule has 4 aromatic rings. The highest BCUT2D eigenvalue weighted by Gasteiger charge is 2.19. The van der Waals surface area contributed by atoms with Crippen molar-refractivity contribution in [1.29, 1.82) is 0 Å². The van der Waals surface area contributed by atoms with Gasteiger partial charge in [0.05, 0.1) is 22.4 Å². The van der Waals surface area contributed by atoms with Crippen LogP contribution in [-0.4, -0.2) is 24.8 Å². The van der Waals surface area contributed by atoms with Crippen LogP contribution in [0.15, 0.2) is 59.4 Å². The summed E-state index contributed by atoms with van der Waals surface area (Å²) in [6.07, 6.45) is 0. The Hall–Kier alpha value is -3.61. The molecule has 1 amide bonds. The third-order valence-corrected chi connectivity index (χ3v) is 4.97. The van der Waals surface area contributed by atoms with Crippen molar-refractivity contribution in [2.75, 3.05) is 5.32 Å². The predicted molar refractivity (Wildman–Crippen MR) is 109 cm³/mol. The molecule has 2 aromatic heterocycles. The normalized spacial score (nSPS) is 11.1. The second kappa shape index (κ2) is 6.84. The molecule has 0 radical (unpaired) electrons. The van der Waals surface area contributed by atoms with Crippen molar-refractivity contribution in [3.8, 4) is 5.69 Å². The van der Waals surface area contributed by atoms with Crippen LogP contribution in [0.2, 0.25) is 0 Å². The van der Waals surface area contributed by atoms with Gasteiger partial charge in [0.1, 0.15) is 18.1 Å². The van der Waals surface area contributed by atoms with Gasteiger partial charge in [-0.2, -0.15) is 0 Å². The first-order chi connectivity index (χ1) is 13.5. The minimum Gasteiger partial charge on any atom is -0.319 e. The molecule has 4 rings (SSSR count). The molecule has 7 nitrogen and oxygen atoms in total. The lowest BCUT2D eigenvalue weighted by Crippen LogP contribution is -2.25. The Bertz CT molecular complexity index is 1230. The number of aryl methyl sites for hydroxylation is 1. The largest absolute Gasteiger partial charge is 0.319 e. The summed E-state index contributed by atoms with van der Waals surface area (Å²) in [4.78, 5) is 30.1. The number of nitrogens with one attached hydrogen (secondary N) is 1. The van der Waals surface area contributed by atoms with Gasteiger partial charge in [-0.3, -0.25) is 14.3 Å². The lowest BCUT2D eigenvalue weighted by atomic mass is 10.3. The fraction of sp³-hybridized carbons (Fsp3) is 0.190. The second-order valence-corrected chi connectivity index (χ2v) is 6.72. The molecule has 142 valence electrons. The van der Waals surface area contributed by atoms with E-state index in [-0.39, 0.29) is 18.0 Å². The van der Waals surface area contributed by atoms with Gasteiger partial charge in [0, 0.05) is 7.05 Å². The van der Waals surface area contributed by atoms with Gasteiger partial charge < -0.3 is 9.88 Å². The van der Waals surface area contributed by atoms with Crippen molar-refractivity contribution < 1.29 is 4.79 Å². The van der Waals surface area contributed by atoms with E-state index in [9.17, 15) is 9.59 Å². The van der Waals surface area contributed by atoms with E-state index < -0.39 is 0 Å². The average molecular weight is 375 g/mol. The van der Waals surface area contributed by atoms with Gasteiger partial charge >= 0.3 is 0 Å². The first kappa shape index (κ1) is 17.8. The summed E-state index contributed by atoms with van der Waals surface area (Å²) in [6, 6.07) is 17.0. The summed E-state index contributed by atoms with van der Waals surface area (Å²) in [5.41, 5.74) is 3.20. The molecule has 0 saturated heterocycles. The summed E-state index contributed by atoms with van der Waals surface area (Å²) < 4.78 is 5.13. The van der Waals surface area contributed by atoms with Crippen LogP contribution in [0, 0.1) is 13.8 Å². The molecule has 1 N–H and O–H groups in total. The minimum atomic E-state index is -0.266. The fourth-order valence-corrected chi connectivity index (χ4v) is 3.43. The summed E-state index contributed by atoms with van der Waals surface area (Å²) >= 11 is 0.